The fourth-order valence-electron chi connectivity index (χ4n) is 2.64. The average molecular weight is 281 g/mol. The Bertz CT molecular complexity index is 634. The van der Waals surface area contributed by atoms with Crippen molar-refractivity contribution in [3.05, 3.63) is 64.7 Å². The molecular weight excluding hydrogens is 258 g/mol. The Labute approximate surface area is 127 Å². The monoisotopic (exact) mass is 281 g/mol. The van der Waals surface area contributed by atoms with Crippen LogP contribution in [0.15, 0.2) is 42.5 Å². The Kier molecular flexibility index (Phi) is 4.17. The molecule has 2 aromatic rings. The van der Waals surface area contributed by atoms with Crippen LogP contribution in [0, 0.1) is 13.8 Å². The number of anilines is 1. The molecule has 110 valence electrons. The first-order chi connectivity index (χ1) is 9.79. The van der Waals surface area contributed by atoms with Crippen molar-refractivity contribution in [3.8, 4) is 0 Å². The predicted octanol–water partition coefficient (Wildman–Crippen LogP) is 3.98. The number of ketones is 1. The van der Waals surface area contributed by atoms with Gasteiger partial charge in [-0.3, -0.25) is 4.79 Å². The second kappa shape index (κ2) is 5.72. The summed E-state index contributed by atoms with van der Waals surface area (Å²) in [4.78, 5) is 12.7. The van der Waals surface area contributed by atoms with Gasteiger partial charge >= 0.3 is 0 Å². The van der Waals surface area contributed by atoms with Crippen LogP contribution < -0.4 is 5.73 Å². The molecule has 0 aliphatic carbocycles. The number of carbonyl (C=O) groups is 1. The number of nitrogen functional groups attached to an aromatic ring is 1. The van der Waals surface area contributed by atoms with Crippen LogP contribution in [0.25, 0.3) is 0 Å². The summed E-state index contributed by atoms with van der Waals surface area (Å²) in [5.74, 6) is 0.220. The summed E-state index contributed by atoms with van der Waals surface area (Å²) in [7, 11) is 0. The van der Waals surface area contributed by atoms with Gasteiger partial charge in [0.2, 0.25) is 0 Å². The van der Waals surface area contributed by atoms with Crippen molar-refractivity contribution in [2.24, 2.45) is 0 Å². The lowest BCUT2D eigenvalue weighted by Crippen LogP contribution is -2.30. The van der Waals surface area contributed by atoms with Crippen LogP contribution in [0.2, 0.25) is 0 Å². The zero-order chi connectivity index (χ0) is 15.6. The lowest BCUT2D eigenvalue weighted by atomic mass is 9.78. The Balaban J connectivity index is 2.23. The summed E-state index contributed by atoms with van der Waals surface area (Å²) in [6, 6.07) is 13.9. The first kappa shape index (κ1) is 15.3. The molecule has 0 spiro atoms. The van der Waals surface area contributed by atoms with E-state index < -0.39 is 5.41 Å². The molecule has 0 aliphatic heterocycles. The van der Waals surface area contributed by atoms with Crippen molar-refractivity contribution >= 4 is 11.5 Å². The maximum atomic E-state index is 12.7. The first-order valence-corrected chi connectivity index (χ1v) is 7.25. The summed E-state index contributed by atoms with van der Waals surface area (Å²) >= 11 is 0. The molecule has 0 unspecified atom stereocenters. The second-order valence-electron chi connectivity index (χ2n) is 6.34. The minimum atomic E-state index is -0.509. The zero-order valence-corrected chi connectivity index (χ0v) is 13.2. The van der Waals surface area contributed by atoms with Gasteiger partial charge in [0.1, 0.15) is 5.78 Å². The molecule has 0 saturated carbocycles. The van der Waals surface area contributed by atoms with Gasteiger partial charge in [-0.05, 0) is 51.0 Å². The number of aryl methyl sites for hydroxylation is 2. The molecule has 2 rings (SSSR count). The number of hydrogen-bond acceptors (Lipinski definition) is 2. The van der Waals surface area contributed by atoms with Gasteiger partial charge in [0.25, 0.3) is 0 Å². The third-order valence-corrected chi connectivity index (χ3v) is 3.98. The van der Waals surface area contributed by atoms with Crippen molar-refractivity contribution < 1.29 is 4.79 Å². The molecule has 0 fully saturated rings. The SMILES string of the molecule is Cc1cc(C)cc(CC(=O)C(C)(C)c2ccc(N)cc2)c1. The van der Waals surface area contributed by atoms with Crippen LogP contribution in [0.4, 0.5) is 5.69 Å². The lowest BCUT2D eigenvalue weighted by molar-refractivity contribution is -0.122. The number of benzene rings is 2. The highest BCUT2D eigenvalue weighted by molar-refractivity contribution is 5.91. The van der Waals surface area contributed by atoms with Gasteiger partial charge in [-0.2, -0.15) is 0 Å². The van der Waals surface area contributed by atoms with Gasteiger partial charge in [0.15, 0.2) is 0 Å². The number of hydrogen-bond donors (Lipinski definition) is 1. The largest absolute Gasteiger partial charge is 0.399 e. The number of Topliss-reactive ketones (excluding diaryl/α,β-unsaturated/α-hetero) is 1. The Morgan fingerprint density at radius 3 is 2.05 bits per heavy atom. The minimum Gasteiger partial charge on any atom is -0.399 e. The molecule has 2 heteroatoms. The van der Waals surface area contributed by atoms with E-state index in [2.05, 4.69) is 32.0 Å². The first-order valence-electron chi connectivity index (χ1n) is 7.25. The summed E-state index contributed by atoms with van der Waals surface area (Å²) in [5, 5.41) is 0. The van der Waals surface area contributed by atoms with Crippen LogP contribution in [-0.2, 0) is 16.6 Å². The highest BCUT2D eigenvalue weighted by Crippen LogP contribution is 2.27. The van der Waals surface area contributed by atoms with Crippen molar-refractivity contribution in [2.75, 3.05) is 5.73 Å². The van der Waals surface area contributed by atoms with E-state index in [1.165, 1.54) is 11.1 Å². The normalized spacial score (nSPS) is 11.4. The molecule has 0 radical (unpaired) electrons. The fraction of sp³-hybridized carbons (Fsp3) is 0.316. The maximum Gasteiger partial charge on any atom is 0.147 e. The summed E-state index contributed by atoms with van der Waals surface area (Å²) in [5.41, 5.74) is 10.4. The summed E-state index contributed by atoms with van der Waals surface area (Å²) in [6.45, 7) is 8.07. The fourth-order valence-corrected chi connectivity index (χ4v) is 2.64. The van der Waals surface area contributed by atoms with E-state index in [-0.39, 0.29) is 5.78 Å². The molecule has 0 atom stereocenters. The summed E-state index contributed by atoms with van der Waals surface area (Å²) < 4.78 is 0. The number of carbonyl (C=O) groups excluding carboxylic acids is 1. The topological polar surface area (TPSA) is 43.1 Å². The smallest absolute Gasteiger partial charge is 0.147 e. The molecule has 2 N–H and O–H groups in total. The number of nitrogens with two attached hydrogens (primary N) is 1. The maximum absolute atomic E-state index is 12.7. The van der Waals surface area contributed by atoms with E-state index in [0.717, 1.165) is 16.8 Å². The molecule has 0 bridgehead atoms. The zero-order valence-electron chi connectivity index (χ0n) is 13.2. The van der Waals surface area contributed by atoms with Crippen molar-refractivity contribution in [1.82, 2.24) is 0 Å². The van der Waals surface area contributed by atoms with Crippen LogP contribution in [0.1, 0.15) is 36.1 Å². The van der Waals surface area contributed by atoms with Crippen LogP contribution in [-0.4, -0.2) is 5.78 Å². The van der Waals surface area contributed by atoms with Gasteiger partial charge in [-0.1, -0.05) is 41.5 Å². The third kappa shape index (κ3) is 3.52. The van der Waals surface area contributed by atoms with Crippen molar-refractivity contribution in [3.63, 3.8) is 0 Å². The highest BCUT2D eigenvalue weighted by atomic mass is 16.1. The van der Waals surface area contributed by atoms with Crippen molar-refractivity contribution in [1.29, 1.82) is 0 Å². The van der Waals surface area contributed by atoms with Crippen LogP contribution in [0.5, 0.6) is 0 Å². The van der Waals surface area contributed by atoms with Gasteiger partial charge in [0, 0.05) is 17.5 Å². The van der Waals surface area contributed by atoms with E-state index in [1.54, 1.807) is 0 Å². The van der Waals surface area contributed by atoms with Gasteiger partial charge in [-0.25, -0.2) is 0 Å². The van der Waals surface area contributed by atoms with E-state index in [0.29, 0.717) is 6.42 Å². The standard InChI is InChI=1S/C19H23NO/c1-13-9-14(2)11-15(10-13)12-18(21)19(3,4)16-5-7-17(20)8-6-16/h5-11H,12,20H2,1-4H3. The van der Waals surface area contributed by atoms with E-state index >= 15 is 0 Å². The summed E-state index contributed by atoms with van der Waals surface area (Å²) in [6.07, 6.45) is 0.458. The average Bonchev–Trinajstić information content (AvgIpc) is 2.37. The van der Waals surface area contributed by atoms with Crippen LogP contribution in [0.3, 0.4) is 0 Å². The third-order valence-electron chi connectivity index (χ3n) is 3.98. The van der Waals surface area contributed by atoms with Gasteiger partial charge < -0.3 is 5.73 Å². The Morgan fingerprint density at radius 1 is 1.00 bits per heavy atom. The van der Waals surface area contributed by atoms with Crippen molar-refractivity contribution in [2.45, 2.75) is 39.5 Å². The predicted molar refractivity (Wildman–Crippen MR) is 88.5 cm³/mol. The molecular formula is C19H23NO. The quantitative estimate of drug-likeness (QED) is 0.862. The van der Waals surface area contributed by atoms with Gasteiger partial charge in [0.05, 0.1) is 0 Å². The molecule has 2 nitrogen and oxygen atoms in total. The van der Waals surface area contributed by atoms with Gasteiger partial charge in [-0.15, -0.1) is 0 Å². The van der Waals surface area contributed by atoms with E-state index in [9.17, 15) is 4.79 Å². The second-order valence-corrected chi connectivity index (χ2v) is 6.34. The van der Waals surface area contributed by atoms with E-state index in [1.807, 2.05) is 38.1 Å². The molecule has 0 amide bonds. The Morgan fingerprint density at radius 2 is 1.52 bits per heavy atom. The highest BCUT2D eigenvalue weighted by Gasteiger charge is 2.29. The molecule has 0 aromatic heterocycles. The molecule has 0 aliphatic rings. The Hall–Kier alpha value is -2.09. The number of rotatable bonds is 4. The molecule has 0 heterocycles. The van der Waals surface area contributed by atoms with E-state index in [4.69, 9.17) is 5.73 Å². The van der Waals surface area contributed by atoms with Crippen LogP contribution >= 0.6 is 0 Å². The molecule has 2 aromatic carbocycles. The molecule has 21 heavy (non-hydrogen) atoms. The minimum absolute atomic E-state index is 0.220. The lowest BCUT2D eigenvalue weighted by Gasteiger charge is -2.24. The molecule has 0 saturated heterocycles.